The van der Waals surface area contributed by atoms with Crippen LogP contribution in [0.1, 0.15) is 13.8 Å². The fraction of sp³-hybridized carbons (Fsp3) is 0.500. The molecule has 0 spiro atoms. The van der Waals surface area contributed by atoms with Crippen molar-refractivity contribution in [1.82, 2.24) is 9.62 Å². The zero-order chi connectivity index (χ0) is 14.2. The van der Waals surface area contributed by atoms with E-state index >= 15 is 0 Å². The van der Waals surface area contributed by atoms with Crippen molar-refractivity contribution in [1.29, 1.82) is 0 Å². The Morgan fingerprint density at radius 1 is 1.25 bits per heavy atom. The highest BCUT2D eigenvalue weighted by Gasteiger charge is 2.33. The minimum Gasteiger partial charge on any atom is -0.311 e. The van der Waals surface area contributed by atoms with Crippen LogP contribution >= 0.6 is 12.4 Å². The molecule has 8 heteroatoms. The number of benzene rings is 1. The van der Waals surface area contributed by atoms with Crippen molar-refractivity contribution < 1.29 is 17.2 Å². The molecule has 0 amide bonds. The number of sulfonamides is 1. The summed E-state index contributed by atoms with van der Waals surface area (Å²) in [7, 11) is -3.80. The van der Waals surface area contributed by atoms with Crippen molar-refractivity contribution in [2.45, 2.75) is 30.8 Å². The Morgan fingerprint density at radius 2 is 1.90 bits per heavy atom. The first kappa shape index (κ1) is 17.3. The highest BCUT2D eigenvalue weighted by Crippen LogP contribution is 2.22. The first-order valence-electron chi connectivity index (χ1n) is 6.02. The third-order valence-corrected chi connectivity index (χ3v) is 5.18. The van der Waals surface area contributed by atoms with Gasteiger partial charge in [-0.15, -0.1) is 12.4 Å². The van der Waals surface area contributed by atoms with E-state index in [2.05, 4.69) is 5.32 Å². The third-order valence-electron chi connectivity index (χ3n) is 3.20. The average Bonchev–Trinajstić information content (AvgIpc) is 2.35. The molecule has 1 aromatic rings. The lowest BCUT2D eigenvalue weighted by molar-refractivity contribution is 0.244. The Hall–Kier alpha value is -0.760. The second-order valence-electron chi connectivity index (χ2n) is 4.81. The van der Waals surface area contributed by atoms with Crippen LogP contribution in [-0.2, 0) is 10.0 Å². The number of piperazine rings is 1. The van der Waals surface area contributed by atoms with Gasteiger partial charge in [0.1, 0.15) is 0 Å². The molecule has 2 unspecified atom stereocenters. The number of nitrogens with one attached hydrogen (secondary N) is 1. The van der Waals surface area contributed by atoms with Gasteiger partial charge < -0.3 is 5.32 Å². The van der Waals surface area contributed by atoms with Gasteiger partial charge >= 0.3 is 0 Å². The van der Waals surface area contributed by atoms with E-state index in [0.717, 1.165) is 18.2 Å². The second kappa shape index (κ2) is 6.34. The highest BCUT2D eigenvalue weighted by molar-refractivity contribution is 7.89. The van der Waals surface area contributed by atoms with Gasteiger partial charge in [0.25, 0.3) is 0 Å². The van der Waals surface area contributed by atoms with Crippen LogP contribution in [0, 0.1) is 11.6 Å². The molecule has 1 saturated heterocycles. The molecule has 0 saturated carbocycles. The molecule has 1 fully saturated rings. The molecule has 1 aliphatic rings. The molecule has 0 bridgehead atoms. The van der Waals surface area contributed by atoms with E-state index in [4.69, 9.17) is 0 Å². The Kier molecular flexibility index (Phi) is 5.48. The smallest absolute Gasteiger partial charge is 0.243 e. The van der Waals surface area contributed by atoms with E-state index in [-0.39, 0.29) is 29.4 Å². The minimum absolute atomic E-state index is 0. The van der Waals surface area contributed by atoms with Crippen LogP contribution in [0.3, 0.4) is 0 Å². The van der Waals surface area contributed by atoms with Crippen LogP contribution in [0.4, 0.5) is 8.78 Å². The summed E-state index contributed by atoms with van der Waals surface area (Å²) < 4.78 is 52.2. The second-order valence-corrected chi connectivity index (χ2v) is 6.70. The predicted molar refractivity (Wildman–Crippen MR) is 74.4 cm³/mol. The number of halogens is 3. The van der Waals surface area contributed by atoms with Gasteiger partial charge in [-0.05, 0) is 32.0 Å². The Morgan fingerprint density at radius 3 is 2.50 bits per heavy atom. The minimum atomic E-state index is -3.80. The molecule has 0 aliphatic carbocycles. The normalized spacial score (nSPS) is 24.2. The van der Waals surface area contributed by atoms with Crippen molar-refractivity contribution in [3.05, 3.63) is 29.8 Å². The van der Waals surface area contributed by atoms with Crippen LogP contribution in [0.25, 0.3) is 0 Å². The summed E-state index contributed by atoms with van der Waals surface area (Å²) in [5.74, 6) is -2.21. The van der Waals surface area contributed by atoms with E-state index < -0.39 is 21.7 Å². The van der Waals surface area contributed by atoms with Gasteiger partial charge in [-0.3, -0.25) is 0 Å². The summed E-state index contributed by atoms with van der Waals surface area (Å²) in [5.41, 5.74) is 0. The van der Waals surface area contributed by atoms with Crippen LogP contribution < -0.4 is 5.32 Å². The summed E-state index contributed by atoms with van der Waals surface area (Å²) >= 11 is 0. The fourth-order valence-corrected chi connectivity index (χ4v) is 3.83. The molecule has 20 heavy (non-hydrogen) atoms. The maximum Gasteiger partial charge on any atom is 0.243 e. The number of hydrogen-bond acceptors (Lipinski definition) is 3. The summed E-state index contributed by atoms with van der Waals surface area (Å²) in [6.07, 6.45) is 0. The zero-order valence-electron chi connectivity index (χ0n) is 11.1. The van der Waals surface area contributed by atoms with Crippen LogP contribution in [0.15, 0.2) is 23.1 Å². The van der Waals surface area contributed by atoms with Crippen molar-refractivity contribution in [2.24, 2.45) is 0 Å². The van der Waals surface area contributed by atoms with Gasteiger partial charge in [-0.2, -0.15) is 4.31 Å². The SMILES string of the molecule is CC1CN(S(=O)(=O)c2ccc(F)c(F)c2)C(C)CN1.Cl. The molecule has 1 aromatic carbocycles. The molecule has 114 valence electrons. The largest absolute Gasteiger partial charge is 0.311 e. The Labute approximate surface area is 123 Å². The van der Waals surface area contributed by atoms with E-state index in [1.165, 1.54) is 4.31 Å². The quantitative estimate of drug-likeness (QED) is 0.901. The molecular weight excluding hydrogens is 310 g/mol. The van der Waals surface area contributed by atoms with Crippen molar-refractivity contribution in [3.8, 4) is 0 Å². The van der Waals surface area contributed by atoms with Gasteiger partial charge in [0.15, 0.2) is 11.6 Å². The van der Waals surface area contributed by atoms with E-state index in [9.17, 15) is 17.2 Å². The fourth-order valence-electron chi connectivity index (χ4n) is 2.10. The molecular formula is C12H17ClF2N2O2S. The lowest BCUT2D eigenvalue weighted by atomic mass is 10.2. The third kappa shape index (κ3) is 3.28. The lowest BCUT2D eigenvalue weighted by Crippen LogP contribution is -2.56. The van der Waals surface area contributed by atoms with Gasteiger partial charge in [0.2, 0.25) is 10.0 Å². The number of nitrogens with zero attached hydrogens (tertiary/aromatic N) is 1. The molecule has 4 nitrogen and oxygen atoms in total. The summed E-state index contributed by atoms with van der Waals surface area (Å²) in [6.45, 7) is 4.49. The van der Waals surface area contributed by atoms with Crippen molar-refractivity contribution in [3.63, 3.8) is 0 Å². The predicted octanol–water partition coefficient (Wildman–Crippen LogP) is 1.76. The zero-order valence-corrected chi connectivity index (χ0v) is 12.8. The molecule has 2 rings (SSSR count). The topological polar surface area (TPSA) is 49.4 Å². The van der Waals surface area contributed by atoms with Crippen LogP contribution in [-0.4, -0.2) is 37.9 Å². The standard InChI is InChI=1S/C12H16F2N2O2S.ClH/c1-8-7-16(9(2)6-15-8)19(17,18)10-3-4-11(13)12(14)5-10;/h3-5,8-9,15H,6-7H2,1-2H3;1H. The van der Waals surface area contributed by atoms with Crippen molar-refractivity contribution >= 4 is 22.4 Å². The Balaban J connectivity index is 0.00000200. The molecule has 0 radical (unpaired) electrons. The number of hydrogen-bond donors (Lipinski definition) is 1. The first-order valence-corrected chi connectivity index (χ1v) is 7.46. The van der Waals surface area contributed by atoms with E-state index in [0.29, 0.717) is 13.1 Å². The highest BCUT2D eigenvalue weighted by atomic mass is 35.5. The summed E-state index contributed by atoms with van der Waals surface area (Å²) in [5, 5.41) is 3.17. The van der Waals surface area contributed by atoms with Crippen LogP contribution in [0.5, 0.6) is 0 Å². The average molecular weight is 327 g/mol. The van der Waals surface area contributed by atoms with Crippen LogP contribution in [0.2, 0.25) is 0 Å². The maximum absolute atomic E-state index is 13.2. The monoisotopic (exact) mass is 326 g/mol. The van der Waals surface area contributed by atoms with Gasteiger partial charge in [-0.25, -0.2) is 17.2 Å². The molecule has 1 aliphatic heterocycles. The first-order chi connectivity index (χ1) is 8.82. The number of rotatable bonds is 2. The van der Waals surface area contributed by atoms with Crippen molar-refractivity contribution in [2.75, 3.05) is 13.1 Å². The van der Waals surface area contributed by atoms with E-state index in [1.807, 2.05) is 6.92 Å². The molecule has 0 aromatic heterocycles. The maximum atomic E-state index is 13.2. The molecule has 1 N–H and O–H groups in total. The molecule has 2 atom stereocenters. The summed E-state index contributed by atoms with van der Waals surface area (Å²) in [6, 6.07) is 2.45. The van der Waals surface area contributed by atoms with Gasteiger partial charge in [0, 0.05) is 25.2 Å². The van der Waals surface area contributed by atoms with Gasteiger partial charge in [0.05, 0.1) is 4.90 Å². The summed E-state index contributed by atoms with van der Waals surface area (Å²) in [4.78, 5) is -0.215. The van der Waals surface area contributed by atoms with Gasteiger partial charge in [-0.1, -0.05) is 0 Å². The van der Waals surface area contributed by atoms with E-state index in [1.54, 1.807) is 6.92 Å². The molecule has 1 heterocycles. The lowest BCUT2D eigenvalue weighted by Gasteiger charge is -2.36. The Bertz CT molecular complexity index is 583.